The summed E-state index contributed by atoms with van der Waals surface area (Å²) in [4.78, 5) is 0. The van der Waals surface area contributed by atoms with E-state index in [0.29, 0.717) is 5.56 Å². The Bertz CT molecular complexity index is 3420. The maximum atomic E-state index is 8.93. The fraction of sp³-hybridized carbons (Fsp3) is 0. The fourth-order valence-corrected chi connectivity index (χ4v) is 8.14. The highest BCUT2D eigenvalue weighted by Gasteiger charge is 2.20. The van der Waals surface area contributed by atoms with Crippen molar-refractivity contribution >= 4 is 75.9 Å². The summed E-state index contributed by atoms with van der Waals surface area (Å²) in [6.45, 7) is 0. The van der Waals surface area contributed by atoms with Crippen LogP contribution in [-0.2, 0) is 0 Å². The molecule has 2 aromatic heterocycles. The molecule has 0 aliphatic carbocycles. The van der Waals surface area contributed by atoms with Gasteiger partial charge in [-0.15, -0.1) is 0 Å². The van der Waals surface area contributed by atoms with Gasteiger partial charge in [0.15, 0.2) is 0 Å². The molecule has 232 valence electrons. The maximum absolute atomic E-state index is 8.93. The molecule has 0 saturated carbocycles. The number of hydrogen-bond donors (Lipinski definition) is 0. The van der Waals surface area contributed by atoms with Crippen LogP contribution in [0, 0.1) is 0 Å². The van der Waals surface area contributed by atoms with E-state index in [0.717, 1.165) is 60.4 Å². The first-order chi connectivity index (χ1) is 26.9. The highest BCUT2D eigenvalue weighted by Crippen LogP contribution is 2.43. The lowest BCUT2D eigenvalue weighted by Crippen LogP contribution is -1.97. The van der Waals surface area contributed by atoms with E-state index in [2.05, 4.69) is 124 Å². The minimum Gasteiger partial charge on any atom is -0.309 e. The molecule has 11 rings (SSSR count). The molecular weight excluding hydrogens is 605 g/mol. The lowest BCUT2D eigenvalue weighted by atomic mass is 9.97. The fourth-order valence-electron chi connectivity index (χ4n) is 8.14. The van der Waals surface area contributed by atoms with Crippen molar-refractivity contribution in [1.82, 2.24) is 9.13 Å². The Labute approximate surface area is 295 Å². The molecule has 11 aromatic rings. The third-order valence-corrected chi connectivity index (χ3v) is 10.3. The van der Waals surface area contributed by atoms with E-state index in [1.165, 1.54) is 26.9 Å². The van der Waals surface area contributed by atoms with Gasteiger partial charge in [-0.3, -0.25) is 0 Å². The summed E-state index contributed by atoms with van der Waals surface area (Å²) < 4.78 is 47.8. The van der Waals surface area contributed by atoms with Crippen LogP contribution < -0.4 is 0 Å². The Kier molecular flexibility index (Phi) is 4.76. The Morgan fingerprint density at radius 3 is 1.86 bits per heavy atom. The van der Waals surface area contributed by atoms with Crippen molar-refractivity contribution in [3.63, 3.8) is 0 Å². The number of hydrogen-bond acceptors (Lipinski definition) is 0. The zero-order valence-corrected chi connectivity index (χ0v) is 26.8. The van der Waals surface area contributed by atoms with E-state index in [4.69, 9.17) is 6.85 Å². The van der Waals surface area contributed by atoms with Crippen molar-refractivity contribution in [1.29, 1.82) is 0 Å². The zero-order chi connectivity index (χ0) is 37.1. The molecule has 9 aromatic carbocycles. The second-order valence-corrected chi connectivity index (χ2v) is 13.0. The van der Waals surface area contributed by atoms with Crippen molar-refractivity contribution < 1.29 is 6.85 Å². The van der Waals surface area contributed by atoms with Crippen molar-refractivity contribution in [2.24, 2.45) is 0 Å². The molecule has 0 radical (unpaired) electrons. The quantitative estimate of drug-likeness (QED) is 0.182. The molecule has 0 saturated heterocycles. The second-order valence-electron chi connectivity index (χ2n) is 13.0. The zero-order valence-electron chi connectivity index (χ0n) is 31.8. The molecule has 0 unspecified atom stereocenters. The lowest BCUT2D eigenvalue weighted by Gasteiger charge is -2.14. The van der Waals surface area contributed by atoms with Crippen LogP contribution in [0.25, 0.3) is 98.4 Å². The molecule has 0 fully saturated rings. The monoisotopic (exact) mass is 639 g/mol. The number of aromatic nitrogens is 2. The van der Waals surface area contributed by atoms with Gasteiger partial charge >= 0.3 is 0 Å². The Balaban J connectivity index is 1.29. The number of rotatable bonds is 3. The first kappa shape index (κ1) is 22.8. The van der Waals surface area contributed by atoms with Gasteiger partial charge in [-0.05, 0) is 92.0 Å². The van der Waals surface area contributed by atoms with Gasteiger partial charge in [0.25, 0.3) is 0 Å². The smallest absolute Gasteiger partial charge is 0.0629 e. The normalized spacial score (nSPS) is 13.4. The maximum Gasteiger partial charge on any atom is 0.0629 e. The van der Waals surface area contributed by atoms with Crippen LogP contribution in [0.15, 0.2) is 182 Å². The van der Waals surface area contributed by atoms with Gasteiger partial charge in [0.1, 0.15) is 0 Å². The van der Waals surface area contributed by atoms with Gasteiger partial charge in [-0.2, -0.15) is 0 Å². The molecule has 0 amide bonds. The molecule has 0 aliphatic heterocycles. The summed E-state index contributed by atoms with van der Waals surface area (Å²) in [5.74, 6) is 0. The molecule has 0 atom stereocenters. The van der Waals surface area contributed by atoms with Crippen LogP contribution in [0.5, 0.6) is 0 Å². The van der Waals surface area contributed by atoms with E-state index in [-0.39, 0.29) is 29.7 Å². The molecule has 0 bridgehead atoms. The van der Waals surface area contributed by atoms with Gasteiger partial charge in [0, 0.05) is 32.9 Å². The number of para-hydroxylation sites is 1. The van der Waals surface area contributed by atoms with E-state index in [1.807, 2.05) is 36.4 Å². The van der Waals surface area contributed by atoms with E-state index >= 15 is 0 Å². The topological polar surface area (TPSA) is 9.86 Å². The van der Waals surface area contributed by atoms with Crippen LogP contribution in [0.1, 0.15) is 6.85 Å². The lowest BCUT2D eigenvalue weighted by molar-refractivity contribution is 1.17. The van der Waals surface area contributed by atoms with Gasteiger partial charge in [0.2, 0.25) is 0 Å². The third-order valence-electron chi connectivity index (χ3n) is 10.3. The SMILES string of the molecule is [2H]c1c([2H])c([2H])c(-c2cc(-n3c4ccccc4c4cc5c6c7ccccc7ccc6n(-c6ccc7ccccc7c6)c5cc43)cc3ccccc23)c([2H])c1[2H]. The number of nitrogens with zero attached hydrogens (tertiary/aromatic N) is 2. The summed E-state index contributed by atoms with van der Waals surface area (Å²) in [7, 11) is 0. The van der Waals surface area contributed by atoms with Crippen molar-refractivity contribution in [3.05, 3.63) is 182 Å². The van der Waals surface area contributed by atoms with Gasteiger partial charge in [-0.1, -0.05) is 133 Å². The molecular formula is C48H30N2. The molecule has 2 heterocycles. The molecule has 2 nitrogen and oxygen atoms in total. The van der Waals surface area contributed by atoms with E-state index in [9.17, 15) is 0 Å². The van der Waals surface area contributed by atoms with Crippen LogP contribution in [0.3, 0.4) is 0 Å². The Hall–Kier alpha value is -6.64. The van der Waals surface area contributed by atoms with Crippen LogP contribution in [0.2, 0.25) is 0 Å². The summed E-state index contributed by atoms with van der Waals surface area (Å²) >= 11 is 0. The minimum absolute atomic E-state index is 0.190. The first-order valence-corrected chi connectivity index (χ1v) is 16.9. The minimum atomic E-state index is -0.403. The number of fused-ring (bicyclic) bond motifs is 10. The molecule has 0 spiro atoms. The number of benzene rings is 9. The highest BCUT2D eigenvalue weighted by molar-refractivity contribution is 6.25. The average Bonchev–Trinajstić information content (AvgIpc) is 3.73. The second kappa shape index (κ2) is 10.4. The van der Waals surface area contributed by atoms with Crippen molar-refractivity contribution in [3.8, 4) is 22.5 Å². The van der Waals surface area contributed by atoms with Crippen LogP contribution in [-0.4, -0.2) is 9.13 Å². The van der Waals surface area contributed by atoms with Gasteiger partial charge in [-0.25, -0.2) is 0 Å². The van der Waals surface area contributed by atoms with Crippen molar-refractivity contribution in [2.45, 2.75) is 0 Å². The molecule has 0 N–H and O–H groups in total. The van der Waals surface area contributed by atoms with Crippen LogP contribution in [0.4, 0.5) is 0 Å². The van der Waals surface area contributed by atoms with Gasteiger partial charge < -0.3 is 9.13 Å². The third kappa shape index (κ3) is 3.90. The predicted molar refractivity (Wildman–Crippen MR) is 213 cm³/mol. The van der Waals surface area contributed by atoms with Crippen LogP contribution >= 0.6 is 0 Å². The average molecular weight is 640 g/mol. The highest BCUT2D eigenvalue weighted by atomic mass is 15.0. The Morgan fingerprint density at radius 1 is 0.360 bits per heavy atom. The Morgan fingerprint density at radius 2 is 1.00 bits per heavy atom. The van der Waals surface area contributed by atoms with E-state index < -0.39 is 6.04 Å². The summed E-state index contributed by atoms with van der Waals surface area (Å²) in [5, 5.41) is 11.0. The van der Waals surface area contributed by atoms with Gasteiger partial charge in [0.05, 0.1) is 28.9 Å². The summed E-state index contributed by atoms with van der Waals surface area (Å²) in [6.07, 6.45) is 0. The largest absolute Gasteiger partial charge is 0.309 e. The van der Waals surface area contributed by atoms with E-state index in [1.54, 1.807) is 0 Å². The first-order valence-electron chi connectivity index (χ1n) is 19.4. The summed E-state index contributed by atoms with van der Waals surface area (Å²) in [5.41, 5.74) is 6.91. The molecule has 0 aliphatic rings. The molecule has 50 heavy (non-hydrogen) atoms. The standard InChI is InChI=1S/C48H30N2/c1-2-13-32(14-3-1)41-28-37(27-35-17-7-8-18-38(35)41)50-44-21-11-10-20-40(44)42-29-43-47(30-46(42)50)49(36-24-22-31-12-4-5-16-34(31)26-36)45-25-23-33-15-6-9-19-39(33)48(43)45/h1-30H/i1D,2D,3D,13D,14D. The predicted octanol–water partition coefficient (Wildman–Crippen LogP) is 13.0. The molecule has 2 heteroatoms. The summed E-state index contributed by atoms with van der Waals surface area (Å²) in [6, 6.07) is 51.6. The van der Waals surface area contributed by atoms with Crippen molar-refractivity contribution in [2.75, 3.05) is 0 Å².